The van der Waals surface area contributed by atoms with Crippen molar-refractivity contribution in [2.45, 2.75) is 0 Å². The summed E-state index contributed by atoms with van der Waals surface area (Å²) in [6.07, 6.45) is 0. The molecule has 0 aliphatic carbocycles. The number of hydrogen-bond donors (Lipinski definition) is 1. The molecule has 1 amide bonds. The molecule has 0 aliphatic heterocycles. The van der Waals surface area contributed by atoms with E-state index in [2.05, 4.69) is 0 Å². The molecule has 0 fully saturated rings. The molecule has 2 aromatic rings. The number of amides is 1. The second-order valence-electron chi connectivity index (χ2n) is 4.18. The molecule has 100 valence electrons. The Morgan fingerprint density at radius 3 is 2.45 bits per heavy atom. The fourth-order valence-corrected chi connectivity index (χ4v) is 1.91. The number of phenols is 1. The van der Waals surface area contributed by atoms with Crippen molar-refractivity contribution in [1.29, 1.82) is 5.26 Å². The number of hydrogen-bond acceptors (Lipinski definition) is 3. The molecule has 1 N–H and O–H groups in total. The van der Waals surface area contributed by atoms with E-state index in [4.69, 9.17) is 16.9 Å². The van der Waals surface area contributed by atoms with Gasteiger partial charge < -0.3 is 10.0 Å². The minimum absolute atomic E-state index is 0.164. The van der Waals surface area contributed by atoms with E-state index < -0.39 is 0 Å². The summed E-state index contributed by atoms with van der Waals surface area (Å²) >= 11 is 5.74. The van der Waals surface area contributed by atoms with Crippen LogP contribution in [0.3, 0.4) is 0 Å². The normalized spacial score (nSPS) is 9.85. The molecule has 0 bridgehead atoms. The highest BCUT2D eigenvalue weighted by Gasteiger charge is 2.17. The number of anilines is 1. The van der Waals surface area contributed by atoms with Crippen molar-refractivity contribution >= 4 is 23.2 Å². The van der Waals surface area contributed by atoms with Gasteiger partial charge in [0.15, 0.2) is 0 Å². The van der Waals surface area contributed by atoms with Gasteiger partial charge in [-0.05, 0) is 42.5 Å². The Bertz CT molecular complexity index is 690. The van der Waals surface area contributed by atoms with Gasteiger partial charge >= 0.3 is 0 Å². The molecule has 0 spiro atoms. The van der Waals surface area contributed by atoms with E-state index in [9.17, 15) is 9.90 Å². The summed E-state index contributed by atoms with van der Waals surface area (Å²) < 4.78 is 0. The Kier molecular flexibility index (Phi) is 3.92. The van der Waals surface area contributed by atoms with Crippen LogP contribution in [0.1, 0.15) is 15.9 Å². The summed E-state index contributed by atoms with van der Waals surface area (Å²) in [5.74, 6) is -0.521. The quantitative estimate of drug-likeness (QED) is 0.922. The van der Waals surface area contributed by atoms with Crippen LogP contribution in [0, 0.1) is 11.3 Å². The van der Waals surface area contributed by atoms with E-state index >= 15 is 0 Å². The van der Waals surface area contributed by atoms with Crippen molar-refractivity contribution in [2.24, 2.45) is 0 Å². The molecule has 4 nitrogen and oxygen atoms in total. The van der Waals surface area contributed by atoms with Crippen LogP contribution in [-0.4, -0.2) is 18.1 Å². The molecule has 0 aliphatic rings. The van der Waals surface area contributed by atoms with Crippen LogP contribution in [0.4, 0.5) is 5.69 Å². The summed E-state index contributed by atoms with van der Waals surface area (Å²) in [6, 6.07) is 12.9. The van der Waals surface area contributed by atoms with E-state index in [1.165, 1.54) is 17.0 Å². The van der Waals surface area contributed by atoms with E-state index in [0.717, 1.165) is 0 Å². The van der Waals surface area contributed by atoms with Crippen LogP contribution in [0.5, 0.6) is 5.75 Å². The second-order valence-corrected chi connectivity index (χ2v) is 4.62. The van der Waals surface area contributed by atoms with Gasteiger partial charge in [-0.15, -0.1) is 0 Å². The summed E-state index contributed by atoms with van der Waals surface area (Å²) in [4.78, 5) is 13.7. The van der Waals surface area contributed by atoms with Gasteiger partial charge in [-0.3, -0.25) is 4.79 Å². The maximum absolute atomic E-state index is 12.3. The lowest BCUT2D eigenvalue weighted by Gasteiger charge is -2.18. The van der Waals surface area contributed by atoms with Crippen LogP contribution < -0.4 is 4.90 Å². The fourth-order valence-electron chi connectivity index (χ4n) is 1.74. The van der Waals surface area contributed by atoms with E-state index in [1.54, 1.807) is 37.4 Å². The summed E-state index contributed by atoms with van der Waals surface area (Å²) in [7, 11) is 1.60. The topological polar surface area (TPSA) is 64.3 Å². The van der Waals surface area contributed by atoms with E-state index in [-0.39, 0.29) is 17.2 Å². The molecule has 5 heteroatoms. The molecule has 2 rings (SSSR count). The zero-order chi connectivity index (χ0) is 14.7. The van der Waals surface area contributed by atoms with Crippen LogP contribution in [0.25, 0.3) is 0 Å². The van der Waals surface area contributed by atoms with Crippen LogP contribution in [0.15, 0.2) is 42.5 Å². The summed E-state index contributed by atoms with van der Waals surface area (Å²) in [5, 5.41) is 18.9. The molecule has 0 radical (unpaired) electrons. The van der Waals surface area contributed by atoms with Gasteiger partial charge in [0.25, 0.3) is 5.91 Å². The van der Waals surface area contributed by atoms with Gasteiger partial charge in [-0.2, -0.15) is 5.26 Å². The second kappa shape index (κ2) is 5.64. The molecular formula is C15H11ClN2O2. The van der Waals surface area contributed by atoms with Crippen molar-refractivity contribution in [1.82, 2.24) is 0 Å². The number of nitriles is 1. The predicted octanol–water partition coefficient (Wildman–Crippen LogP) is 3.19. The minimum atomic E-state index is -0.358. The van der Waals surface area contributed by atoms with Gasteiger partial charge in [0.2, 0.25) is 0 Å². The Labute approximate surface area is 121 Å². The Morgan fingerprint density at radius 2 is 1.90 bits per heavy atom. The summed E-state index contributed by atoms with van der Waals surface area (Å²) in [6.45, 7) is 0. The number of rotatable bonds is 2. The standard InChI is InChI=1S/C15H11ClN2O2/c1-18(12-5-2-10(9-17)3-6-12)15(20)13-7-4-11(16)8-14(13)19/h2-8,19H,1H3. The zero-order valence-electron chi connectivity index (χ0n) is 10.7. The number of halogens is 1. The number of carbonyl (C=O) groups excluding carboxylic acids is 1. The van der Waals surface area contributed by atoms with Crippen molar-refractivity contribution in [3.05, 3.63) is 58.6 Å². The van der Waals surface area contributed by atoms with Crippen molar-refractivity contribution in [3.63, 3.8) is 0 Å². The van der Waals surface area contributed by atoms with Gasteiger partial charge in [0, 0.05) is 17.8 Å². The predicted molar refractivity (Wildman–Crippen MR) is 77.0 cm³/mol. The minimum Gasteiger partial charge on any atom is -0.507 e. The third-order valence-corrected chi connectivity index (χ3v) is 3.11. The van der Waals surface area contributed by atoms with Gasteiger partial charge in [-0.1, -0.05) is 11.6 Å². The van der Waals surface area contributed by atoms with Crippen LogP contribution in [0.2, 0.25) is 5.02 Å². The van der Waals surface area contributed by atoms with Crippen LogP contribution >= 0.6 is 11.6 Å². The maximum atomic E-state index is 12.3. The summed E-state index contributed by atoms with van der Waals surface area (Å²) in [5.41, 5.74) is 1.31. The lowest BCUT2D eigenvalue weighted by atomic mass is 10.1. The van der Waals surface area contributed by atoms with Gasteiger partial charge in [0.1, 0.15) is 5.75 Å². The average molecular weight is 287 g/mol. The average Bonchev–Trinajstić information content (AvgIpc) is 2.46. The molecule has 2 aromatic carbocycles. The van der Waals surface area contributed by atoms with Crippen LogP contribution in [-0.2, 0) is 0 Å². The fraction of sp³-hybridized carbons (Fsp3) is 0.0667. The van der Waals surface area contributed by atoms with E-state index in [0.29, 0.717) is 16.3 Å². The van der Waals surface area contributed by atoms with Crippen molar-refractivity contribution in [3.8, 4) is 11.8 Å². The SMILES string of the molecule is CN(C(=O)c1ccc(Cl)cc1O)c1ccc(C#N)cc1. The Balaban J connectivity index is 2.30. The highest BCUT2D eigenvalue weighted by atomic mass is 35.5. The molecule has 0 aromatic heterocycles. The number of aromatic hydroxyl groups is 1. The Morgan fingerprint density at radius 1 is 1.25 bits per heavy atom. The van der Waals surface area contributed by atoms with Crippen molar-refractivity contribution < 1.29 is 9.90 Å². The first-order chi connectivity index (χ1) is 9.52. The lowest BCUT2D eigenvalue weighted by molar-refractivity contribution is 0.0990. The highest BCUT2D eigenvalue weighted by Crippen LogP contribution is 2.25. The number of nitrogens with zero attached hydrogens (tertiary/aromatic N) is 2. The molecule has 0 saturated heterocycles. The Hall–Kier alpha value is -2.51. The molecule has 0 unspecified atom stereocenters. The van der Waals surface area contributed by atoms with Gasteiger partial charge in [-0.25, -0.2) is 0 Å². The van der Waals surface area contributed by atoms with Gasteiger partial charge in [0.05, 0.1) is 17.2 Å². The number of carbonyl (C=O) groups is 1. The monoisotopic (exact) mass is 286 g/mol. The third-order valence-electron chi connectivity index (χ3n) is 2.88. The number of benzene rings is 2. The first-order valence-electron chi connectivity index (χ1n) is 5.79. The molecule has 0 heterocycles. The zero-order valence-corrected chi connectivity index (χ0v) is 11.4. The lowest BCUT2D eigenvalue weighted by Crippen LogP contribution is -2.26. The highest BCUT2D eigenvalue weighted by molar-refractivity contribution is 6.31. The number of phenolic OH excluding ortho intramolecular Hbond substituents is 1. The largest absolute Gasteiger partial charge is 0.507 e. The maximum Gasteiger partial charge on any atom is 0.261 e. The smallest absolute Gasteiger partial charge is 0.261 e. The molecule has 0 atom stereocenters. The van der Waals surface area contributed by atoms with E-state index in [1.807, 2.05) is 6.07 Å². The molecule has 0 saturated carbocycles. The molecular weight excluding hydrogens is 276 g/mol. The first-order valence-corrected chi connectivity index (χ1v) is 6.17. The first kappa shape index (κ1) is 13.9. The molecule has 20 heavy (non-hydrogen) atoms. The third kappa shape index (κ3) is 2.73. The van der Waals surface area contributed by atoms with Crippen molar-refractivity contribution in [2.75, 3.05) is 11.9 Å².